The minimum Gasteiger partial charge on any atom is -0.466 e. The topological polar surface area (TPSA) is 59.5 Å². The molecule has 1 saturated heterocycles. The molecule has 0 bridgehead atoms. The van der Waals surface area contributed by atoms with Gasteiger partial charge in [0.05, 0.1) is 18.1 Å². The molecule has 2 aromatic rings. The van der Waals surface area contributed by atoms with Crippen LogP contribution in [0.3, 0.4) is 0 Å². The second-order valence-electron chi connectivity index (χ2n) is 7.05. The molecule has 0 spiro atoms. The molecule has 1 aromatic heterocycles. The lowest BCUT2D eigenvalue weighted by Gasteiger charge is -2.31. The number of piperidine rings is 1. The summed E-state index contributed by atoms with van der Waals surface area (Å²) < 4.78 is 5.15. The van der Waals surface area contributed by atoms with Gasteiger partial charge in [0, 0.05) is 24.2 Å². The monoisotopic (exact) mass is 398 g/mol. The Morgan fingerprint density at radius 2 is 2.07 bits per heavy atom. The van der Waals surface area contributed by atoms with Crippen LogP contribution in [-0.2, 0) is 9.53 Å². The Labute approximate surface area is 170 Å². The number of aryl methyl sites for hydroxylation is 2. The molecule has 0 unspecified atom stereocenters. The molecule has 1 fully saturated rings. The second-order valence-corrected chi connectivity index (χ2v) is 8.11. The maximum Gasteiger partial charge on any atom is 0.310 e. The van der Waals surface area contributed by atoms with E-state index in [4.69, 9.17) is 4.74 Å². The third kappa shape index (κ3) is 4.73. The number of nitrogens with zero attached hydrogens (tertiary/aromatic N) is 2. The first-order chi connectivity index (χ1) is 13.5. The first-order valence-corrected chi connectivity index (χ1v) is 10.5. The lowest BCUT2D eigenvalue weighted by molar-refractivity contribution is -0.149. The molecule has 1 aliphatic rings. The maximum atomic E-state index is 13.2. The fourth-order valence-corrected chi connectivity index (χ4v) is 4.28. The van der Waals surface area contributed by atoms with Gasteiger partial charge in [0.2, 0.25) is 0 Å². The van der Waals surface area contributed by atoms with Crippen molar-refractivity contribution in [3.05, 3.63) is 53.2 Å². The third-order valence-corrected chi connectivity index (χ3v) is 6.03. The highest BCUT2D eigenvalue weighted by Gasteiger charge is 2.30. The molecule has 5 nitrogen and oxygen atoms in total. The summed E-state index contributed by atoms with van der Waals surface area (Å²) in [6, 6.07) is 9.84. The number of hydrogen-bond acceptors (Lipinski definition) is 5. The van der Waals surface area contributed by atoms with Crippen LogP contribution >= 0.6 is 11.8 Å². The van der Waals surface area contributed by atoms with Crippen LogP contribution in [-0.4, -0.2) is 41.5 Å². The zero-order chi connectivity index (χ0) is 20.1. The molecule has 0 N–H and O–H groups in total. The highest BCUT2D eigenvalue weighted by atomic mass is 32.2. The molecule has 6 heteroatoms. The number of amides is 1. The van der Waals surface area contributed by atoms with E-state index >= 15 is 0 Å². The Balaban J connectivity index is 1.78. The summed E-state index contributed by atoms with van der Waals surface area (Å²) in [7, 11) is 0. The van der Waals surface area contributed by atoms with E-state index in [2.05, 4.69) is 31.0 Å². The fraction of sp³-hybridized carbons (Fsp3) is 0.409. The predicted molar refractivity (Wildman–Crippen MR) is 110 cm³/mol. The zero-order valence-electron chi connectivity index (χ0n) is 16.6. The van der Waals surface area contributed by atoms with E-state index in [1.807, 2.05) is 12.1 Å². The summed E-state index contributed by atoms with van der Waals surface area (Å²) in [6.07, 6.45) is 3.27. The molecule has 0 saturated carbocycles. The van der Waals surface area contributed by atoms with Crippen molar-refractivity contribution < 1.29 is 14.3 Å². The molecule has 0 radical (unpaired) electrons. The van der Waals surface area contributed by atoms with Gasteiger partial charge in [-0.25, -0.2) is 4.98 Å². The molecule has 1 aromatic carbocycles. The van der Waals surface area contributed by atoms with E-state index in [1.165, 1.54) is 22.9 Å². The summed E-state index contributed by atoms with van der Waals surface area (Å²) >= 11 is 1.49. The average Bonchev–Trinajstić information content (AvgIpc) is 2.71. The molecular weight excluding hydrogens is 372 g/mol. The van der Waals surface area contributed by atoms with Crippen LogP contribution in [0.2, 0.25) is 0 Å². The van der Waals surface area contributed by atoms with Crippen LogP contribution in [0.15, 0.2) is 46.5 Å². The van der Waals surface area contributed by atoms with Crippen LogP contribution in [0, 0.1) is 19.8 Å². The summed E-state index contributed by atoms with van der Waals surface area (Å²) in [5.41, 5.74) is 3.03. The van der Waals surface area contributed by atoms with Gasteiger partial charge in [-0.3, -0.25) is 9.59 Å². The van der Waals surface area contributed by atoms with Crippen molar-refractivity contribution in [2.24, 2.45) is 5.92 Å². The normalized spacial score (nSPS) is 16.7. The van der Waals surface area contributed by atoms with E-state index in [0.29, 0.717) is 30.3 Å². The number of likely N-dealkylation sites (tertiary alicyclic amines) is 1. The molecule has 1 aliphatic heterocycles. The summed E-state index contributed by atoms with van der Waals surface area (Å²) in [5, 5.41) is 0.689. The average molecular weight is 399 g/mol. The molecule has 2 heterocycles. The van der Waals surface area contributed by atoms with Gasteiger partial charge in [-0.2, -0.15) is 0 Å². The van der Waals surface area contributed by atoms with Crippen molar-refractivity contribution >= 4 is 23.6 Å². The van der Waals surface area contributed by atoms with Gasteiger partial charge >= 0.3 is 5.97 Å². The minimum absolute atomic E-state index is 0.0755. The maximum absolute atomic E-state index is 13.2. The van der Waals surface area contributed by atoms with E-state index in [1.54, 1.807) is 24.1 Å². The Morgan fingerprint density at radius 1 is 1.25 bits per heavy atom. The standard InChI is InChI=1S/C22H26N2O3S/c1-4-27-22(26)17-7-6-12-24(14-17)21(25)19-8-5-11-23-20(19)28-18-10-9-15(2)16(3)13-18/h5,8-11,13,17H,4,6-7,12,14H2,1-3H3/t17-/m0/s1. The Bertz CT molecular complexity index is 869. The number of carbonyl (C=O) groups is 2. The zero-order valence-corrected chi connectivity index (χ0v) is 17.4. The van der Waals surface area contributed by atoms with E-state index in [0.717, 1.165) is 17.7 Å². The number of hydrogen-bond donors (Lipinski definition) is 0. The highest BCUT2D eigenvalue weighted by molar-refractivity contribution is 7.99. The Kier molecular flexibility index (Phi) is 6.73. The van der Waals surface area contributed by atoms with Gasteiger partial charge in [-0.05, 0) is 69.0 Å². The number of ether oxygens (including phenoxy) is 1. The summed E-state index contributed by atoms with van der Waals surface area (Å²) in [4.78, 5) is 32.5. The fourth-order valence-electron chi connectivity index (χ4n) is 3.31. The lowest BCUT2D eigenvalue weighted by atomic mass is 9.97. The second kappa shape index (κ2) is 9.24. The number of esters is 1. The van der Waals surface area contributed by atoms with Crippen molar-refractivity contribution in [1.29, 1.82) is 0 Å². The molecule has 28 heavy (non-hydrogen) atoms. The number of benzene rings is 1. The highest BCUT2D eigenvalue weighted by Crippen LogP contribution is 2.31. The third-order valence-electron chi connectivity index (χ3n) is 5.02. The largest absolute Gasteiger partial charge is 0.466 e. The number of aromatic nitrogens is 1. The smallest absolute Gasteiger partial charge is 0.310 e. The molecule has 1 atom stereocenters. The molecular formula is C22H26N2O3S. The van der Waals surface area contributed by atoms with Gasteiger partial charge in [0.15, 0.2) is 0 Å². The lowest BCUT2D eigenvalue weighted by Crippen LogP contribution is -2.43. The minimum atomic E-state index is -0.245. The molecule has 0 aliphatic carbocycles. The van der Waals surface area contributed by atoms with Gasteiger partial charge < -0.3 is 9.64 Å². The summed E-state index contributed by atoms with van der Waals surface area (Å²) in [5.74, 6) is -0.533. The first-order valence-electron chi connectivity index (χ1n) is 9.65. The van der Waals surface area contributed by atoms with E-state index < -0.39 is 0 Å². The van der Waals surface area contributed by atoms with Crippen LogP contribution in [0.4, 0.5) is 0 Å². The summed E-state index contributed by atoms with van der Waals surface area (Å²) in [6.45, 7) is 7.37. The SMILES string of the molecule is CCOC(=O)[C@H]1CCCN(C(=O)c2cccnc2Sc2ccc(C)c(C)c2)C1. The quantitative estimate of drug-likeness (QED) is 0.704. The molecule has 3 rings (SSSR count). The van der Waals surface area contributed by atoms with Crippen molar-refractivity contribution in [3.63, 3.8) is 0 Å². The van der Waals surface area contributed by atoms with Crippen LogP contribution < -0.4 is 0 Å². The van der Waals surface area contributed by atoms with Crippen LogP contribution in [0.5, 0.6) is 0 Å². The van der Waals surface area contributed by atoms with Crippen molar-refractivity contribution in [1.82, 2.24) is 9.88 Å². The molecule has 148 valence electrons. The Morgan fingerprint density at radius 3 is 2.82 bits per heavy atom. The van der Waals surface area contributed by atoms with E-state index in [-0.39, 0.29) is 17.8 Å². The first kappa shape index (κ1) is 20.4. The van der Waals surface area contributed by atoms with Crippen molar-refractivity contribution in [3.8, 4) is 0 Å². The Hall–Kier alpha value is -2.34. The van der Waals surface area contributed by atoms with Gasteiger partial charge in [-0.1, -0.05) is 17.8 Å². The number of carbonyl (C=O) groups excluding carboxylic acids is 2. The van der Waals surface area contributed by atoms with Crippen LogP contribution in [0.25, 0.3) is 0 Å². The van der Waals surface area contributed by atoms with Crippen molar-refractivity contribution in [2.45, 2.75) is 43.5 Å². The molecule has 1 amide bonds. The predicted octanol–water partition coefficient (Wildman–Crippen LogP) is 4.26. The van der Waals surface area contributed by atoms with Crippen LogP contribution in [0.1, 0.15) is 41.3 Å². The van der Waals surface area contributed by atoms with Gasteiger partial charge in [0.25, 0.3) is 5.91 Å². The number of pyridine rings is 1. The number of rotatable bonds is 5. The van der Waals surface area contributed by atoms with E-state index in [9.17, 15) is 9.59 Å². The van der Waals surface area contributed by atoms with Gasteiger partial charge in [-0.15, -0.1) is 0 Å². The van der Waals surface area contributed by atoms with Crippen molar-refractivity contribution in [2.75, 3.05) is 19.7 Å². The van der Waals surface area contributed by atoms with Gasteiger partial charge in [0.1, 0.15) is 5.03 Å².